The van der Waals surface area contributed by atoms with Crippen molar-refractivity contribution in [2.24, 2.45) is 11.7 Å². The normalized spacial score (nSPS) is 26.7. The highest BCUT2D eigenvalue weighted by molar-refractivity contribution is 5.76. The van der Waals surface area contributed by atoms with Crippen molar-refractivity contribution in [3.05, 3.63) is 0 Å². The molecule has 1 amide bonds. The minimum atomic E-state index is 0.194. The highest BCUT2D eigenvalue weighted by Crippen LogP contribution is 2.26. The Kier molecular flexibility index (Phi) is 5.09. The van der Waals surface area contributed by atoms with Crippen LogP contribution in [0.25, 0.3) is 0 Å². The van der Waals surface area contributed by atoms with E-state index in [9.17, 15) is 4.79 Å². The van der Waals surface area contributed by atoms with E-state index in [1.165, 1.54) is 12.8 Å². The van der Waals surface area contributed by atoms with Crippen molar-refractivity contribution in [1.82, 2.24) is 5.32 Å². The standard InChI is InChI=1S/C12H24N2O/c1-9(2)14-12(15)8-5-10-3-6-11(13)7-4-10/h9-11H,3-8,13H2,1-2H3,(H,14,15). The molecule has 3 heteroatoms. The molecule has 0 aromatic rings. The molecular weight excluding hydrogens is 188 g/mol. The molecule has 0 aromatic carbocycles. The Hall–Kier alpha value is -0.570. The number of carbonyl (C=O) groups is 1. The first-order chi connectivity index (χ1) is 7.08. The summed E-state index contributed by atoms with van der Waals surface area (Å²) in [5, 5.41) is 2.93. The van der Waals surface area contributed by atoms with Crippen molar-refractivity contribution < 1.29 is 4.79 Å². The van der Waals surface area contributed by atoms with E-state index in [1.807, 2.05) is 13.8 Å². The maximum Gasteiger partial charge on any atom is 0.220 e. The molecule has 0 bridgehead atoms. The Morgan fingerprint density at radius 2 is 1.93 bits per heavy atom. The summed E-state index contributed by atoms with van der Waals surface area (Å²) in [4.78, 5) is 11.4. The molecule has 0 atom stereocenters. The minimum Gasteiger partial charge on any atom is -0.354 e. The molecule has 1 aliphatic carbocycles. The van der Waals surface area contributed by atoms with E-state index in [0.717, 1.165) is 25.2 Å². The summed E-state index contributed by atoms with van der Waals surface area (Å²) in [6.45, 7) is 4.00. The van der Waals surface area contributed by atoms with Crippen molar-refractivity contribution in [3.8, 4) is 0 Å². The second-order valence-corrected chi connectivity index (χ2v) is 5.04. The van der Waals surface area contributed by atoms with Gasteiger partial charge in [-0.3, -0.25) is 4.79 Å². The van der Waals surface area contributed by atoms with Gasteiger partial charge in [-0.15, -0.1) is 0 Å². The summed E-state index contributed by atoms with van der Waals surface area (Å²) in [7, 11) is 0. The summed E-state index contributed by atoms with van der Waals surface area (Å²) in [5.74, 6) is 0.919. The van der Waals surface area contributed by atoms with E-state index < -0.39 is 0 Å². The number of carbonyl (C=O) groups excluding carboxylic acids is 1. The van der Waals surface area contributed by atoms with Crippen LogP contribution in [0.3, 0.4) is 0 Å². The van der Waals surface area contributed by atoms with Gasteiger partial charge in [-0.1, -0.05) is 0 Å². The topological polar surface area (TPSA) is 55.1 Å². The molecular formula is C12H24N2O. The zero-order valence-electron chi connectivity index (χ0n) is 9.96. The van der Waals surface area contributed by atoms with Gasteiger partial charge < -0.3 is 11.1 Å². The quantitative estimate of drug-likeness (QED) is 0.746. The van der Waals surface area contributed by atoms with E-state index >= 15 is 0 Å². The SMILES string of the molecule is CC(C)NC(=O)CCC1CCC(N)CC1. The van der Waals surface area contributed by atoms with Crippen LogP contribution in [0.2, 0.25) is 0 Å². The summed E-state index contributed by atoms with van der Waals surface area (Å²) in [6, 6.07) is 0.669. The maximum absolute atomic E-state index is 11.4. The fourth-order valence-corrected chi connectivity index (χ4v) is 2.21. The van der Waals surface area contributed by atoms with Crippen LogP contribution < -0.4 is 11.1 Å². The minimum absolute atomic E-state index is 0.194. The average Bonchev–Trinajstić information content (AvgIpc) is 2.16. The second-order valence-electron chi connectivity index (χ2n) is 5.04. The molecule has 15 heavy (non-hydrogen) atoms. The van der Waals surface area contributed by atoms with Crippen molar-refractivity contribution in [2.75, 3.05) is 0 Å². The van der Waals surface area contributed by atoms with Crippen LogP contribution in [-0.2, 0) is 4.79 Å². The molecule has 3 nitrogen and oxygen atoms in total. The average molecular weight is 212 g/mol. The lowest BCUT2D eigenvalue weighted by Gasteiger charge is -2.25. The van der Waals surface area contributed by atoms with E-state index in [-0.39, 0.29) is 11.9 Å². The molecule has 88 valence electrons. The van der Waals surface area contributed by atoms with Crippen molar-refractivity contribution in [2.45, 2.75) is 64.5 Å². The molecule has 0 saturated heterocycles. The first-order valence-electron chi connectivity index (χ1n) is 6.13. The number of nitrogens with two attached hydrogens (primary N) is 1. The van der Waals surface area contributed by atoms with Gasteiger partial charge in [0.15, 0.2) is 0 Å². The Morgan fingerprint density at radius 1 is 1.33 bits per heavy atom. The summed E-state index contributed by atoms with van der Waals surface area (Å²) < 4.78 is 0. The first kappa shape index (κ1) is 12.5. The molecule has 1 aliphatic rings. The third kappa shape index (κ3) is 5.17. The predicted octanol–water partition coefficient (Wildman–Crippen LogP) is 1.81. The van der Waals surface area contributed by atoms with Gasteiger partial charge in [0.1, 0.15) is 0 Å². The van der Waals surface area contributed by atoms with E-state index in [4.69, 9.17) is 5.73 Å². The van der Waals surface area contributed by atoms with Gasteiger partial charge in [0.25, 0.3) is 0 Å². The second kappa shape index (κ2) is 6.11. The monoisotopic (exact) mass is 212 g/mol. The summed E-state index contributed by atoms with van der Waals surface area (Å²) in [5.41, 5.74) is 5.84. The van der Waals surface area contributed by atoms with E-state index in [2.05, 4.69) is 5.32 Å². The lowest BCUT2D eigenvalue weighted by atomic mass is 9.84. The van der Waals surface area contributed by atoms with Crippen LogP contribution in [0.1, 0.15) is 52.4 Å². The van der Waals surface area contributed by atoms with Crippen molar-refractivity contribution in [1.29, 1.82) is 0 Å². The zero-order valence-corrected chi connectivity index (χ0v) is 9.96. The molecule has 0 radical (unpaired) electrons. The molecule has 1 fully saturated rings. The van der Waals surface area contributed by atoms with Crippen LogP contribution in [0, 0.1) is 5.92 Å². The number of nitrogens with one attached hydrogen (secondary N) is 1. The third-order valence-electron chi connectivity index (χ3n) is 3.12. The molecule has 0 spiro atoms. The fraction of sp³-hybridized carbons (Fsp3) is 0.917. The molecule has 0 heterocycles. The number of hydrogen-bond donors (Lipinski definition) is 2. The summed E-state index contributed by atoms with van der Waals surface area (Å²) in [6.07, 6.45) is 6.39. The van der Waals surface area contributed by atoms with E-state index in [1.54, 1.807) is 0 Å². The number of hydrogen-bond acceptors (Lipinski definition) is 2. The van der Waals surface area contributed by atoms with Crippen molar-refractivity contribution >= 4 is 5.91 Å². The zero-order chi connectivity index (χ0) is 11.3. The molecule has 0 unspecified atom stereocenters. The highest BCUT2D eigenvalue weighted by atomic mass is 16.1. The van der Waals surface area contributed by atoms with Gasteiger partial charge in [0.05, 0.1) is 0 Å². The van der Waals surface area contributed by atoms with Gasteiger partial charge in [0, 0.05) is 18.5 Å². The smallest absolute Gasteiger partial charge is 0.220 e. The van der Waals surface area contributed by atoms with E-state index in [0.29, 0.717) is 12.5 Å². The van der Waals surface area contributed by atoms with Gasteiger partial charge in [-0.2, -0.15) is 0 Å². The van der Waals surface area contributed by atoms with Crippen LogP contribution >= 0.6 is 0 Å². The van der Waals surface area contributed by atoms with Gasteiger partial charge in [0.2, 0.25) is 5.91 Å². The Labute approximate surface area is 92.8 Å². The van der Waals surface area contributed by atoms with Gasteiger partial charge in [-0.05, 0) is 51.9 Å². The van der Waals surface area contributed by atoms with Crippen LogP contribution in [0.4, 0.5) is 0 Å². The molecule has 1 saturated carbocycles. The largest absolute Gasteiger partial charge is 0.354 e. The van der Waals surface area contributed by atoms with Crippen LogP contribution in [0.5, 0.6) is 0 Å². The predicted molar refractivity (Wildman–Crippen MR) is 62.4 cm³/mol. The third-order valence-corrected chi connectivity index (χ3v) is 3.12. The lowest BCUT2D eigenvalue weighted by molar-refractivity contribution is -0.121. The fourth-order valence-electron chi connectivity index (χ4n) is 2.21. The van der Waals surface area contributed by atoms with Crippen LogP contribution in [0.15, 0.2) is 0 Å². The van der Waals surface area contributed by atoms with Gasteiger partial charge in [-0.25, -0.2) is 0 Å². The number of amides is 1. The maximum atomic E-state index is 11.4. The first-order valence-corrected chi connectivity index (χ1v) is 6.13. The van der Waals surface area contributed by atoms with Crippen molar-refractivity contribution in [3.63, 3.8) is 0 Å². The molecule has 0 aliphatic heterocycles. The Balaban J connectivity index is 2.12. The highest BCUT2D eigenvalue weighted by Gasteiger charge is 2.19. The lowest BCUT2D eigenvalue weighted by Crippen LogP contribution is -2.31. The van der Waals surface area contributed by atoms with Crippen LogP contribution in [-0.4, -0.2) is 18.0 Å². The summed E-state index contributed by atoms with van der Waals surface area (Å²) >= 11 is 0. The molecule has 3 N–H and O–H groups in total. The molecule has 1 rings (SSSR count). The number of rotatable bonds is 4. The van der Waals surface area contributed by atoms with Gasteiger partial charge >= 0.3 is 0 Å². The Morgan fingerprint density at radius 3 is 2.47 bits per heavy atom. The molecule has 0 aromatic heterocycles. The Bertz CT molecular complexity index is 196.